The zero-order valence-electron chi connectivity index (χ0n) is 27.6. The van der Waals surface area contributed by atoms with E-state index in [2.05, 4.69) is 30.7 Å². The molecular formula is C33H29ClN10O2. The standard InChI is InChI=1S/C33H29ClN10O2/c1-20-6-3-9-28(21-7-4-8-22(14-21)31-26(39-33(20)46)17-38-42(31)2)43-19-37-25(16-30(43)45)24-15-23(34)10-11-29(24)44-18-27(40-41-44)32-35-12-5-13-36-32/h4-5,7-8,10-20,28H,3,6,9H2,1-2H3,(H,39,46)/t20-,28+/m1/s1/i2D3. The van der Waals surface area contributed by atoms with Gasteiger partial charge >= 0.3 is 0 Å². The number of benzene rings is 2. The highest BCUT2D eigenvalue weighted by Gasteiger charge is 2.23. The summed E-state index contributed by atoms with van der Waals surface area (Å²) in [6.45, 7) is -0.769. The number of aromatic nitrogens is 9. The van der Waals surface area contributed by atoms with Crippen LogP contribution in [0.4, 0.5) is 5.69 Å². The Morgan fingerprint density at radius 1 is 1.00 bits per heavy atom. The van der Waals surface area contributed by atoms with Crippen molar-refractivity contribution in [1.82, 2.24) is 44.3 Å². The molecule has 1 amide bonds. The molecule has 2 atom stereocenters. The van der Waals surface area contributed by atoms with E-state index in [9.17, 15) is 9.59 Å². The van der Waals surface area contributed by atoms with Gasteiger partial charge in [0, 0.05) is 51.6 Å². The van der Waals surface area contributed by atoms with Crippen LogP contribution in [0.3, 0.4) is 0 Å². The number of amides is 1. The third kappa shape index (κ3) is 5.58. The highest BCUT2D eigenvalue weighted by atomic mass is 35.5. The molecule has 13 heteroatoms. The lowest BCUT2D eigenvalue weighted by molar-refractivity contribution is -0.119. The summed E-state index contributed by atoms with van der Waals surface area (Å²) in [4.78, 5) is 40.2. The van der Waals surface area contributed by atoms with Gasteiger partial charge in [-0.05, 0) is 48.7 Å². The molecule has 1 aliphatic heterocycles. The number of hydrogen-bond acceptors (Lipinski definition) is 8. The molecule has 12 nitrogen and oxygen atoms in total. The quantitative estimate of drug-likeness (QED) is 0.274. The molecular weight excluding hydrogens is 604 g/mol. The first-order valence-electron chi connectivity index (χ1n) is 16.1. The van der Waals surface area contributed by atoms with Crippen LogP contribution >= 0.6 is 11.6 Å². The van der Waals surface area contributed by atoms with Gasteiger partial charge in [-0.25, -0.2) is 19.6 Å². The van der Waals surface area contributed by atoms with Crippen LogP contribution in [0.25, 0.3) is 39.7 Å². The van der Waals surface area contributed by atoms with Gasteiger partial charge in [-0.15, -0.1) is 5.10 Å². The fourth-order valence-corrected chi connectivity index (χ4v) is 5.87. The number of halogens is 1. The number of aryl methyl sites for hydroxylation is 1. The predicted octanol–water partition coefficient (Wildman–Crippen LogP) is 5.35. The van der Waals surface area contributed by atoms with E-state index in [-0.39, 0.29) is 23.1 Å². The average molecular weight is 636 g/mol. The van der Waals surface area contributed by atoms with E-state index in [0.717, 1.165) is 10.2 Å². The number of carbonyl (C=O) groups is 1. The summed E-state index contributed by atoms with van der Waals surface area (Å²) in [7, 11) is 0. The summed E-state index contributed by atoms with van der Waals surface area (Å²) < 4.78 is 28.2. The second kappa shape index (κ2) is 12.1. The minimum absolute atomic E-state index is 0.240. The van der Waals surface area contributed by atoms with Crippen molar-refractivity contribution in [3.8, 4) is 39.7 Å². The van der Waals surface area contributed by atoms with Crippen molar-refractivity contribution >= 4 is 23.2 Å². The number of rotatable bonds is 4. The fraction of sp³-hybridized carbons (Fsp3) is 0.212. The number of nitrogens with zero attached hydrogens (tertiary/aromatic N) is 9. The summed E-state index contributed by atoms with van der Waals surface area (Å²) in [6.07, 6.45) is 9.49. The largest absolute Gasteiger partial charge is 0.323 e. The second-order valence-electron chi connectivity index (χ2n) is 11.1. The van der Waals surface area contributed by atoms with Gasteiger partial charge in [0.15, 0.2) is 11.5 Å². The van der Waals surface area contributed by atoms with Crippen molar-refractivity contribution in [3.05, 3.63) is 107 Å². The van der Waals surface area contributed by atoms with E-state index in [1.807, 2.05) is 19.1 Å². The van der Waals surface area contributed by atoms with Crippen molar-refractivity contribution in [3.63, 3.8) is 0 Å². The van der Waals surface area contributed by atoms with Gasteiger partial charge in [-0.2, -0.15) is 5.10 Å². The first-order valence-corrected chi connectivity index (χ1v) is 15.0. The third-order valence-electron chi connectivity index (χ3n) is 8.08. The van der Waals surface area contributed by atoms with E-state index in [4.69, 9.17) is 20.7 Å². The maximum Gasteiger partial charge on any atom is 0.254 e. The van der Waals surface area contributed by atoms with Gasteiger partial charge in [-0.1, -0.05) is 48.4 Å². The van der Waals surface area contributed by atoms with Gasteiger partial charge in [0.1, 0.15) is 0 Å². The van der Waals surface area contributed by atoms with E-state index in [0.29, 0.717) is 64.0 Å². The Kier molecular flexibility index (Phi) is 6.80. The molecule has 2 aromatic carbocycles. The van der Waals surface area contributed by atoms with Crippen LogP contribution in [0.5, 0.6) is 0 Å². The maximum absolute atomic E-state index is 13.9. The molecule has 0 unspecified atom stereocenters. The Bertz CT molecular complexity index is 2230. The molecule has 0 radical (unpaired) electrons. The first kappa shape index (κ1) is 25.8. The zero-order valence-corrected chi connectivity index (χ0v) is 25.3. The molecule has 6 aromatic rings. The monoisotopic (exact) mass is 635 g/mol. The molecule has 1 aliphatic rings. The smallest absolute Gasteiger partial charge is 0.254 e. The van der Waals surface area contributed by atoms with Crippen LogP contribution < -0.4 is 10.9 Å². The summed E-state index contributed by atoms with van der Waals surface area (Å²) in [5.74, 6) is -0.192. The van der Waals surface area contributed by atoms with Gasteiger partial charge in [0.2, 0.25) is 5.91 Å². The Balaban J connectivity index is 1.29. The SMILES string of the molecule is [2H]C([2H])([2H])n1ncc2c1-c1cccc(c1)[C@@H](n1cnc(-c3cc(Cl)ccc3-n3cc(-c4ncccn4)nn3)cc1=O)CCC[C@@H](C)C(=O)N2. The normalized spacial score (nSPS) is 17.9. The zero-order chi connectivity index (χ0) is 34.3. The number of hydrogen-bond donors (Lipinski definition) is 1. The molecule has 0 saturated carbocycles. The van der Waals surface area contributed by atoms with E-state index in [1.54, 1.807) is 64.2 Å². The number of carbonyl (C=O) groups excluding carboxylic acids is 1. The van der Waals surface area contributed by atoms with Gasteiger partial charge < -0.3 is 5.32 Å². The van der Waals surface area contributed by atoms with Crippen LogP contribution in [-0.4, -0.2) is 50.2 Å². The molecule has 4 aromatic heterocycles. The molecule has 5 heterocycles. The van der Waals surface area contributed by atoms with Gasteiger partial charge in [-0.3, -0.25) is 18.8 Å². The Labute approximate surface area is 273 Å². The predicted molar refractivity (Wildman–Crippen MR) is 173 cm³/mol. The Morgan fingerprint density at radius 2 is 1.87 bits per heavy atom. The maximum atomic E-state index is 13.9. The number of anilines is 1. The summed E-state index contributed by atoms with van der Waals surface area (Å²) in [5.41, 5.74) is 3.57. The highest BCUT2D eigenvalue weighted by molar-refractivity contribution is 6.31. The molecule has 0 spiro atoms. The molecule has 0 saturated heterocycles. The lowest BCUT2D eigenvalue weighted by Crippen LogP contribution is -2.26. The molecule has 7 rings (SSSR count). The van der Waals surface area contributed by atoms with Crippen molar-refractivity contribution in [2.45, 2.75) is 32.2 Å². The molecule has 2 bridgehead atoms. The van der Waals surface area contributed by atoms with Crippen LogP contribution in [0.15, 0.2) is 90.5 Å². The fourth-order valence-electron chi connectivity index (χ4n) is 5.70. The molecule has 230 valence electrons. The van der Waals surface area contributed by atoms with Crippen molar-refractivity contribution in [1.29, 1.82) is 0 Å². The minimum atomic E-state index is -2.59. The van der Waals surface area contributed by atoms with E-state index < -0.39 is 13.0 Å². The van der Waals surface area contributed by atoms with Crippen molar-refractivity contribution in [2.75, 3.05) is 5.32 Å². The highest BCUT2D eigenvalue weighted by Crippen LogP contribution is 2.34. The first-order chi connectivity index (χ1) is 23.6. The minimum Gasteiger partial charge on any atom is -0.323 e. The Morgan fingerprint density at radius 3 is 2.70 bits per heavy atom. The molecule has 1 N–H and O–H groups in total. The second-order valence-corrected chi connectivity index (χ2v) is 11.5. The van der Waals surface area contributed by atoms with E-state index >= 15 is 0 Å². The Hall–Kier alpha value is -5.49. The van der Waals surface area contributed by atoms with Gasteiger partial charge in [0.05, 0.1) is 47.5 Å². The summed E-state index contributed by atoms with van der Waals surface area (Å²) >= 11 is 6.42. The molecule has 46 heavy (non-hydrogen) atoms. The average Bonchev–Trinajstić information content (AvgIpc) is 3.75. The lowest BCUT2D eigenvalue weighted by atomic mass is 9.94. The topological polar surface area (TPSA) is 138 Å². The van der Waals surface area contributed by atoms with E-state index in [1.165, 1.54) is 18.6 Å². The van der Waals surface area contributed by atoms with Crippen LogP contribution in [-0.2, 0) is 11.8 Å². The number of nitrogens with one attached hydrogen (secondary N) is 1. The molecule has 0 aliphatic carbocycles. The van der Waals surface area contributed by atoms with Crippen LogP contribution in [0.2, 0.25) is 5.02 Å². The summed E-state index contributed by atoms with van der Waals surface area (Å²) in [6, 6.07) is 15.2. The number of fused-ring (bicyclic) bond motifs is 4. The molecule has 0 fully saturated rings. The van der Waals surface area contributed by atoms with Gasteiger partial charge in [0.25, 0.3) is 5.56 Å². The van der Waals surface area contributed by atoms with Crippen molar-refractivity contribution < 1.29 is 8.91 Å². The van der Waals surface area contributed by atoms with Crippen LogP contribution in [0.1, 0.15) is 41.9 Å². The summed E-state index contributed by atoms with van der Waals surface area (Å²) in [5, 5.41) is 15.9. The van der Waals surface area contributed by atoms with Crippen LogP contribution in [0, 0.1) is 5.92 Å². The van der Waals surface area contributed by atoms with Crippen molar-refractivity contribution in [2.24, 2.45) is 12.9 Å². The lowest BCUT2D eigenvalue weighted by Gasteiger charge is -2.23. The third-order valence-corrected chi connectivity index (χ3v) is 8.31.